The van der Waals surface area contributed by atoms with Crippen LogP contribution in [0.4, 0.5) is 4.79 Å². The van der Waals surface area contributed by atoms with Crippen LogP contribution in [0.25, 0.3) is 0 Å². The van der Waals surface area contributed by atoms with Crippen LogP contribution in [0.2, 0.25) is 0 Å². The highest BCUT2D eigenvalue weighted by Crippen LogP contribution is 2.09. The summed E-state index contributed by atoms with van der Waals surface area (Å²) >= 11 is 0. The number of hydrogen-bond donors (Lipinski definition) is 1. The fourth-order valence-electron chi connectivity index (χ4n) is 1.96. The first-order chi connectivity index (χ1) is 11.3. The van der Waals surface area contributed by atoms with Crippen LogP contribution in [-0.4, -0.2) is 37.4 Å². The van der Waals surface area contributed by atoms with Crippen LogP contribution < -0.4 is 5.32 Å². The zero-order valence-electron chi connectivity index (χ0n) is 14.8. The zero-order valence-corrected chi connectivity index (χ0v) is 14.8. The molecule has 1 aromatic carbocycles. The summed E-state index contributed by atoms with van der Waals surface area (Å²) < 4.78 is 15.5. The van der Waals surface area contributed by atoms with Crippen molar-refractivity contribution in [3.63, 3.8) is 0 Å². The Labute approximate surface area is 143 Å². The Balaban J connectivity index is 2.50. The maximum absolute atomic E-state index is 11.9. The van der Waals surface area contributed by atoms with Gasteiger partial charge in [-0.05, 0) is 32.8 Å². The molecular weight excluding hydrogens is 310 g/mol. The SMILES string of the molecule is COC(=O)CC[C@H](COCc1ccccc1)NC(=O)OC(C)(C)C. The molecule has 1 aromatic rings. The molecule has 134 valence electrons. The summed E-state index contributed by atoms with van der Waals surface area (Å²) in [5.41, 5.74) is 0.462. The number of nitrogens with one attached hydrogen (secondary N) is 1. The minimum atomic E-state index is -0.581. The number of benzene rings is 1. The summed E-state index contributed by atoms with van der Waals surface area (Å²) in [5.74, 6) is -0.325. The highest BCUT2D eigenvalue weighted by Gasteiger charge is 2.20. The molecule has 1 N–H and O–H groups in total. The van der Waals surface area contributed by atoms with Gasteiger partial charge in [0, 0.05) is 6.42 Å². The summed E-state index contributed by atoms with van der Waals surface area (Å²) in [7, 11) is 1.34. The number of ether oxygens (including phenoxy) is 3. The van der Waals surface area contributed by atoms with Gasteiger partial charge in [-0.2, -0.15) is 0 Å². The minimum absolute atomic E-state index is 0.200. The van der Waals surface area contributed by atoms with Gasteiger partial charge in [-0.3, -0.25) is 4.79 Å². The number of alkyl carbamates (subject to hydrolysis) is 1. The highest BCUT2D eigenvalue weighted by molar-refractivity contribution is 5.70. The number of carbonyl (C=O) groups excluding carboxylic acids is 2. The molecule has 1 amide bonds. The van der Waals surface area contributed by atoms with Crippen LogP contribution >= 0.6 is 0 Å². The Morgan fingerprint density at radius 2 is 1.83 bits per heavy atom. The summed E-state index contributed by atoms with van der Waals surface area (Å²) in [5, 5.41) is 2.75. The van der Waals surface area contributed by atoms with Gasteiger partial charge in [0.15, 0.2) is 0 Å². The average Bonchev–Trinajstić information content (AvgIpc) is 2.51. The van der Waals surface area contributed by atoms with Crippen LogP contribution in [0.15, 0.2) is 30.3 Å². The fourth-order valence-corrected chi connectivity index (χ4v) is 1.96. The van der Waals surface area contributed by atoms with E-state index in [4.69, 9.17) is 9.47 Å². The van der Waals surface area contributed by atoms with Crippen LogP contribution in [0, 0.1) is 0 Å². The molecule has 0 aromatic heterocycles. The lowest BCUT2D eigenvalue weighted by atomic mass is 10.1. The van der Waals surface area contributed by atoms with E-state index >= 15 is 0 Å². The van der Waals surface area contributed by atoms with Crippen LogP contribution in [-0.2, 0) is 25.6 Å². The molecule has 0 radical (unpaired) electrons. The van der Waals surface area contributed by atoms with Crippen molar-refractivity contribution >= 4 is 12.1 Å². The molecule has 0 spiro atoms. The summed E-state index contributed by atoms with van der Waals surface area (Å²) in [6.07, 6.45) is 0.0903. The second-order valence-corrected chi connectivity index (χ2v) is 6.46. The third-order valence-electron chi connectivity index (χ3n) is 3.08. The standard InChI is InChI=1S/C18H27NO5/c1-18(2,3)24-17(21)19-15(10-11-16(20)22-4)13-23-12-14-8-6-5-7-9-14/h5-9,15H,10-13H2,1-4H3,(H,19,21)/t15-/m1/s1. The molecule has 0 saturated heterocycles. The van der Waals surface area contributed by atoms with Crippen molar-refractivity contribution in [1.29, 1.82) is 0 Å². The quantitative estimate of drug-likeness (QED) is 0.738. The first-order valence-corrected chi connectivity index (χ1v) is 7.98. The van der Waals surface area contributed by atoms with E-state index < -0.39 is 11.7 Å². The normalized spacial score (nSPS) is 12.3. The molecule has 0 aliphatic rings. The van der Waals surface area contributed by atoms with E-state index in [1.165, 1.54) is 7.11 Å². The number of esters is 1. The van der Waals surface area contributed by atoms with Gasteiger partial charge in [-0.15, -0.1) is 0 Å². The summed E-state index contributed by atoms with van der Waals surface area (Å²) in [4.78, 5) is 23.2. The molecule has 1 rings (SSSR count). The predicted octanol–water partition coefficient (Wildman–Crippen LogP) is 3.05. The second-order valence-electron chi connectivity index (χ2n) is 6.46. The monoisotopic (exact) mass is 337 g/mol. The van der Waals surface area contributed by atoms with Gasteiger partial charge in [0.25, 0.3) is 0 Å². The first kappa shape index (κ1) is 20.0. The van der Waals surface area contributed by atoms with Crippen molar-refractivity contribution in [2.45, 2.75) is 51.9 Å². The Kier molecular flexibility index (Phi) is 8.26. The van der Waals surface area contributed by atoms with Crippen LogP contribution in [0.5, 0.6) is 0 Å². The molecule has 0 heterocycles. The summed E-state index contributed by atoms with van der Waals surface area (Å²) in [6, 6.07) is 9.41. The van der Waals surface area contributed by atoms with E-state index in [-0.39, 0.29) is 25.0 Å². The van der Waals surface area contributed by atoms with E-state index in [0.717, 1.165) is 5.56 Å². The molecule has 6 nitrogen and oxygen atoms in total. The maximum Gasteiger partial charge on any atom is 0.407 e. The van der Waals surface area contributed by atoms with Crippen molar-refractivity contribution in [2.75, 3.05) is 13.7 Å². The van der Waals surface area contributed by atoms with Gasteiger partial charge in [0.05, 0.1) is 26.4 Å². The molecule has 24 heavy (non-hydrogen) atoms. The number of methoxy groups -OCH3 is 1. The largest absolute Gasteiger partial charge is 0.469 e. The lowest BCUT2D eigenvalue weighted by Crippen LogP contribution is -2.41. The van der Waals surface area contributed by atoms with Gasteiger partial charge >= 0.3 is 12.1 Å². The number of hydrogen-bond acceptors (Lipinski definition) is 5. The Bertz CT molecular complexity index is 510. The van der Waals surface area contributed by atoms with E-state index in [1.54, 1.807) is 20.8 Å². The molecular formula is C18H27NO5. The summed E-state index contributed by atoms with van der Waals surface area (Å²) in [6.45, 7) is 6.10. The van der Waals surface area contributed by atoms with Crippen molar-refractivity contribution < 1.29 is 23.8 Å². The van der Waals surface area contributed by atoms with Crippen LogP contribution in [0.3, 0.4) is 0 Å². The molecule has 0 aliphatic heterocycles. The van der Waals surface area contributed by atoms with E-state index in [9.17, 15) is 9.59 Å². The first-order valence-electron chi connectivity index (χ1n) is 7.98. The third-order valence-corrected chi connectivity index (χ3v) is 3.08. The maximum atomic E-state index is 11.9. The van der Waals surface area contributed by atoms with Crippen molar-refractivity contribution in [3.05, 3.63) is 35.9 Å². The van der Waals surface area contributed by atoms with Crippen LogP contribution in [0.1, 0.15) is 39.2 Å². The van der Waals surface area contributed by atoms with E-state index in [2.05, 4.69) is 10.1 Å². The van der Waals surface area contributed by atoms with Crippen molar-refractivity contribution in [2.24, 2.45) is 0 Å². The third kappa shape index (κ3) is 9.15. The molecule has 0 fully saturated rings. The Morgan fingerprint density at radius 1 is 1.17 bits per heavy atom. The van der Waals surface area contributed by atoms with Gasteiger partial charge < -0.3 is 19.5 Å². The molecule has 6 heteroatoms. The second kappa shape index (κ2) is 9.93. The van der Waals surface area contributed by atoms with E-state index in [1.807, 2.05) is 30.3 Å². The zero-order chi connectivity index (χ0) is 18.0. The van der Waals surface area contributed by atoms with Gasteiger partial charge in [0.1, 0.15) is 5.60 Å². The highest BCUT2D eigenvalue weighted by atomic mass is 16.6. The molecule has 0 unspecified atom stereocenters. The number of carbonyl (C=O) groups is 2. The van der Waals surface area contributed by atoms with E-state index in [0.29, 0.717) is 13.0 Å². The topological polar surface area (TPSA) is 73.9 Å². The molecule has 0 saturated carbocycles. The lowest BCUT2D eigenvalue weighted by Gasteiger charge is -2.23. The average molecular weight is 337 g/mol. The predicted molar refractivity (Wildman–Crippen MR) is 90.5 cm³/mol. The van der Waals surface area contributed by atoms with Crippen molar-refractivity contribution in [1.82, 2.24) is 5.32 Å². The number of amides is 1. The molecule has 1 atom stereocenters. The fraction of sp³-hybridized carbons (Fsp3) is 0.556. The molecule has 0 aliphatic carbocycles. The molecule has 0 bridgehead atoms. The Morgan fingerprint density at radius 3 is 2.42 bits per heavy atom. The Hall–Kier alpha value is -2.08. The van der Waals surface area contributed by atoms with Gasteiger partial charge in [-0.25, -0.2) is 4.79 Å². The smallest absolute Gasteiger partial charge is 0.407 e. The minimum Gasteiger partial charge on any atom is -0.469 e. The van der Waals surface area contributed by atoms with Crippen molar-refractivity contribution in [3.8, 4) is 0 Å². The lowest BCUT2D eigenvalue weighted by molar-refractivity contribution is -0.140. The van der Waals surface area contributed by atoms with Gasteiger partial charge in [0.2, 0.25) is 0 Å². The van der Waals surface area contributed by atoms with Gasteiger partial charge in [-0.1, -0.05) is 30.3 Å². The number of rotatable bonds is 8.